The van der Waals surface area contributed by atoms with Gasteiger partial charge in [-0.25, -0.2) is 4.68 Å². The molecule has 3 aromatic rings. The maximum absolute atomic E-state index is 12.6. The van der Waals surface area contributed by atoms with Gasteiger partial charge in [0.05, 0.1) is 23.9 Å². The van der Waals surface area contributed by atoms with Gasteiger partial charge in [0.2, 0.25) is 0 Å². The van der Waals surface area contributed by atoms with Crippen molar-refractivity contribution >= 4 is 23.2 Å². The lowest BCUT2D eigenvalue weighted by Crippen LogP contribution is -2.27. The number of para-hydroxylation sites is 3. The van der Waals surface area contributed by atoms with E-state index in [9.17, 15) is 9.59 Å². The van der Waals surface area contributed by atoms with E-state index in [1.807, 2.05) is 0 Å². The molecule has 0 aliphatic rings. The van der Waals surface area contributed by atoms with Gasteiger partial charge in [-0.3, -0.25) is 9.59 Å². The first-order valence-electron chi connectivity index (χ1n) is 8.48. The second-order valence-corrected chi connectivity index (χ2v) is 6.16. The van der Waals surface area contributed by atoms with Crippen molar-refractivity contribution in [2.75, 3.05) is 19.0 Å². The van der Waals surface area contributed by atoms with Crippen molar-refractivity contribution in [2.45, 2.75) is 6.54 Å². The summed E-state index contributed by atoms with van der Waals surface area (Å²) in [6.07, 6.45) is 0. The molecule has 1 N–H and O–H groups in total. The number of anilines is 1. The SMILES string of the molecule is COCCn1nc(C(=O)Nc2ccccc2Oc2ccccc2Cl)ccc1=O. The summed E-state index contributed by atoms with van der Waals surface area (Å²) >= 11 is 6.14. The number of nitrogens with one attached hydrogen (secondary N) is 1. The fourth-order valence-corrected chi connectivity index (χ4v) is 2.57. The van der Waals surface area contributed by atoms with Crippen molar-refractivity contribution < 1.29 is 14.3 Å². The smallest absolute Gasteiger partial charge is 0.276 e. The van der Waals surface area contributed by atoms with Gasteiger partial charge in [0.1, 0.15) is 11.4 Å². The molecule has 0 unspecified atom stereocenters. The second kappa shape index (κ2) is 9.16. The van der Waals surface area contributed by atoms with Crippen molar-refractivity contribution in [1.82, 2.24) is 9.78 Å². The molecule has 0 fully saturated rings. The first-order chi connectivity index (χ1) is 13.6. The highest BCUT2D eigenvalue weighted by Crippen LogP contribution is 2.33. The predicted molar refractivity (Wildman–Crippen MR) is 106 cm³/mol. The van der Waals surface area contributed by atoms with Gasteiger partial charge < -0.3 is 14.8 Å². The van der Waals surface area contributed by atoms with Crippen LogP contribution in [-0.4, -0.2) is 29.4 Å². The molecule has 0 saturated carbocycles. The molecular weight excluding hydrogens is 382 g/mol. The number of rotatable bonds is 7. The van der Waals surface area contributed by atoms with Crippen LogP contribution in [0.5, 0.6) is 11.5 Å². The summed E-state index contributed by atoms with van der Waals surface area (Å²) in [5, 5.41) is 7.29. The zero-order valence-electron chi connectivity index (χ0n) is 15.1. The van der Waals surface area contributed by atoms with Gasteiger partial charge in [0.25, 0.3) is 11.5 Å². The molecule has 2 aromatic carbocycles. The molecule has 1 heterocycles. The fourth-order valence-electron chi connectivity index (χ4n) is 2.40. The van der Waals surface area contributed by atoms with E-state index in [2.05, 4.69) is 10.4 Å². The van der Waals surface area contributed by atoms with Crippen LogP contribution < -0.4 is 15.6 Å². The highest BCUT2D eigenvalue weighted by molar-refractivity contribution is 6.32. The molecule has 0 bridgehead atoms. The number of hydrogen-bond donors (Lipinski definition) is 1. The molecule has 1 aromatic heterocycles. The second-order valence-electron chi connectivity index (χ2n) is 5.76. The number of amides is 1. The van der Waals surface area contributed by atoms with Gasteiger partial charge in [-0.1, -0.05) is 35.9 Å². The van der Waals surface area contributed by atoms with E-state index in [1.165, 1.54) is 23.9 Å². The first-order valence-corrected chi connectivity index (χ1v) is 8.86. The minimum atomic E-state index is -0.471. The molecule has 0 radical (unpaired) electrons. The van der Waals surface area contributed by atoms with E-state index in [0.717, 1.165) is 0 Å². The molecule has 3 rings (SSSR count). The standard InChI is InChI=1S/C20H18ClN3O4/c1-27-13-12-24-19(25)11-10-16(23-24)20(26)22-15-7-3-5-9-18(15)28-17-8-4-2-6-14(17)21/h2-11H,12-13H2,1H3,(H,22,26). The Morgan fingerprint density at radius 3 is 2.54 bits per heavy atom. The number of methoxy groups -OCH3 is 1. The summed E-state index contributed by atoms with van der Waals surface area (Å²) in [6, 6.07) is 16.7. The Morgan fingerprint density at radius 1 is 1.07 bits per heavy atom. The molecule has 28 heavy (non-hydrogen) atoms. The minimum absolute atomic E-state index is 0.100. The minimum Gasteiger partial charge on any atom is -0.454 e. The number of carbonyl (C=O) groups excluding carboxylic acids is 1. The van der Waals surface area contributed by atoms with Crippen LogP contribution in [0, 0.1) is 0 Å². The number of hydrogen-bond acceptors (Lipinski definition) is 5. The average molecular weight is 400 g/mol. The highest BCUT2D eigenvalue weighted by atomic mass is 35.5. The number of aromatic nitrogens is 2. The number of ether oxygens (including phenoxy) is 2. The third kappa shape index (κ3) is 4.76. The lowest BCUT2D eigenvalue weighted by atomic mass is 10.2. The lowest BCUT2D eigenvalue weighted by molar-refractivity contribution is 0.101. The Kier molecular flexibility index (Phi) is 6.41. The predicted octanol–water partition coefficient (Wildman–Crippen LogP) is 3.59. The number of nitrogens with zero attached hydrogens (tertiary/aromatic N) is 2. The summed E-state index contributed by atoms with van der Waals surface area (Å²) in [4.78, 5) is 24.4. The molecule has 0 atom stereocenters. The first kappa shape index (κ1) is 19.6. The van der Waals surface area contributed by atoms with Crippen LogP contribution in [0.25, 0.3) is 0 Å². The molecule has 144 valence electrons. The van der Waals surface area contributed by atoms with E-state index in [0.29, 0.717) is 28.8 Å². The third-order valence-corrected chi connectivity index (χ3v) is 4.11. The van der Waals surface area contributed by atoms with Crippen molar-refractivity contribution in [3.05, 3.63) is 81.7 Å². The van der Waals surface area contributed by atoms with Gasteiger partial charge in [-0.2, -0.15) is 5.10 Å². The molecular formula is C20H18ClN3O4. The number of halogens is 1. The Bertz CT molecular complexity index is 1040. The van der Waals surface area contributed by atoms with Gasteiger partial charge in [0, 0.05) is 13.2 Å². The zero-order chi connectivity index (χ0) is 19.9. The maximum atomic E-state index is 12.6. The fraction of sp³-hybridized carbons (Fsp3) is 0.150. The largest absolute Gasteiger partial charge is 0.454 e. The van der Waals surface area contributed by atoms with Crippen LogP contribution >= 0.6 is 11.6 Å². The molecule has 8 heteroatoms. The monoisotopic (exact) mass is 399 g/mol. The van der Waals surface area contributed by atoms with Crippen LogP contribution in [0.15, 0.2) is 65.5 Å². The number of carbonyl (C=O) groups is 1. The summed E-state index contributed by atoms with van der Waals surface area (Å²) in [5.41, 5.74) is 0.239. The van der Waals surface area contributed by atoms with Gasteiger partial charge in [-0.15, -0.1) is 0 Å². The average Bonchev–Trinajstić information content (AvgIpc) is 2.70. The van der Waals surface area contributed by atoms with E-state index in [1.54, 1.807) is 48.5 Å². The molecule has 0 spiro atoms. The van der Waals surface area contributed by atoms with Crippen LogP contribution in [0.3, 0.4) is 0 Å². The molecule has 1 amide bonds. The Hall–Kier alpha value is -3.16. The zero-order valence-corrected chi connectivity index (χ0v) is 15.8. The van der Waals surface area contributed by atoms with Crippen LogP contribution in [0.2, 0.25) is 5.02 Å². The van der Waals surface area contributed by atoms with Gasteiger partial charge in [-0.05, 0) is 30.3 Å². The van der Waals surface area contributed by atoms with Crippen molar-refractivity contribution in [1.29, 1.82) is 0 Å². The Labute approximate surface area is 166 Å². The van der Waals surface area contributed by atoms with Gasteiger partial charge >= 0.3 is 0 Å². The van der Waals surface area contributed by atoms with Crippen LogP contribution in [0.1, 0.15) is 10.5 Å². The molecule has 0 saturated heterocycles. The van der Waals surface area contributed by atoms with E-state index in [4.69, 9.17) is 21.1 Å². The summed E-state index contributed by atoms with van der Waals surface area (Å²) in [5.74, 6) is 0.426. The van der Waals surface area contributed by atoms with E-state index < -0.39 is 5.91 Å². The van der Waals surface area contributed by atoms with E-state index >= 15 is 0 Å². The van der Waals surface area contributed by atoms with Crippen LogP contribution in [-0.2, 0) is 11.3 Å². The van der Waals surface area contributed by atoms with Crippen molar-refractivity contribution in [3.8, 4) is 11.5 Å². The normalized spacial score (nSPS) is 10.5. The topological polar surface area (TPSA) is 82.5 Å². The Morgan fingerprint density at radius 2 is 1.79 bits per heavy atom. The summed E-state index contributed by atoms with van der Waals surface area (Å²) in [7, 11) is 1.53. The Balaban J connectivity index is 1.81. The van der Waals surface area contributed by atoms with Crippen molar-refractivity contribution in [2.24, 2.45) is 0 Å². The number of benzene rings is 2. The highest BCUT2D eigenvalue weighted by Gasteiger charge is 2.14. The summed E-state index contributed by atoms with van der Waals surface area (Å²) in [6.45, 7) is 0.565. The molecule has 7 nitrogen and oxygen atoms in total. The van der Waals surface area contributed by atoms with E-state index in [-0.39, 0.29) is 17.8 Å². The maximum Gasteiger partial charge on any atom is 0.276 e. The van der Waals surface area contributed by atoms with Gasteiger partial charge in [0.15, 0.2) is 5.75 Å². The summed E-state index contributed by atoms with van der Waals surface area (Å²) < 4.78 is 12.0. The third-order valence-electron chi connectivity index (χ3n) is 3.80. The molecule has 0 aliphatic carbocycles. The lowest BCUT2D eigenvalue weighted by Gasteiger charge is -2.13. The molecule has 0 aliphatic heterocycles. The van der Waals surface area contributed by atoms with Crippen LogP contribution in [0.4, 0.5) is 5.69 Å². The quantitative estimate of drug-likeness (QED) is 0.656. The van der Waals surface area contributed by atoms with Crippen molar-refractivity contribution in [3.63, 3.8) is 0 Å².